The Kier molecular flexibility index (Phi) is 3.85. The molecule has 1 aromatic heterocycles. The minimum Gasteiger partial charge on any atom is -0.343 e. The van der Waals surface area contributed by atoms with Crippen molar-refractivity contribution in [2.24, 2.45) is 0 Å². The zero-order valence-electron chi connectivity index (χ0n) is 10.3. The fraction of sp³-hybridized carbons (Fsp3) is 0. The van der Waals surface area contributed by atoms with Crippen molar-refractivity contribution < 1.29 is 4.39 Å². The number of hydrogen-bond acceptors (Lipinski definition) is 7. The van der Waals surface area contributed by atoms with E-state index < -0.39 is 11.4 Å². The van der Waals surface area contributed by atoms with Crippen LogP contribution in [0.4, 0.5) is 10.1 Å². The van der Waals surface area contributed by atoms with Crippen LogP contribution in [0.5, 0.6) is 0 Å². The molecule has 1 N–H and O–H groups in total. The van der Waals surface area contributed by atoms with Crippen LogP contribution in [0.25, 0.3) is 5.69 Å². The van der Waals surface area contributed by atoms with Gasteiger partial charge >= 0.3 is 0 Å². The van der Waals surface area contributed by atoms with Crippen LogP contribution < -0.4 is 5.32 Å². The highest BCUT2D eigenvalue weighted by Crippen LogP contribution is 2.20. The molecule has 0 fully saturated rings. The van der Waals surface area contributed by atoms with Gasteiger partial charge in [0.1, 0.15) is 36.0 Å². The van der Waals surface area contributed by atoms with Crippen molar-refractivity contribution in [3.05, 3.63) is 41.6 Å². The van der Waals surface area contributed by atoms with Gasteiger partial charge in [-0.1, -0.05) is 0 Å². The number of hydrogen-bond donors (Lipinski definition) is 1. The van der Waals surface area contributed by atoms with Gasteiger partial charge in [-0.15, -0.1) is 5.10 Å². The van der Waals surface area contributed by atoms with E-state index in [1.54, 1.807) is 18.2 Å². The Morgan fingerprint density at radius 2 is 1.95 bits per heavy atom. The van der Waals surface area contributed by atoms with Crippen LogP contribution in [0.2, 0.25) is 0 Å². The number of tetrazole rings is 1. The molecule has 1 heterocycles. The highest BCUT2D eigenvalue weighted by molar-refractivity contribution is 5.61. The fourth-order valence-corrected chi connectivity index (χ4v) is 1.45. The summed E-state index contributed by atoms with van der Waals surface area (Å²) in [5.74, 6) is -0.658. The molecule has 0 bridgehead atoms. The van der Waals surface area contributed by atoms with Gasteiger partial charge in [-0.3, -0.25) is 0 Å². The predicted molar refractivity (Wildman–Crippen MR) is 66.6 cm³/mol. The predicted octanol–water partition coefficient (Wildman–Crippen LogP) is 1.04. The van der Waals surface area contributed by atoms with Gasteiger partial charge in [0.2, 0.25) is 0 Å². The second kappa shape index (κ2) is 5.91. The van der Waals surface area contributed by atoms with E-state index in [9.17, 15) is 4.39 Å². The summed E-state index contributed by atoms with van der Waals surface area (Å²) in [4.78, 5) is 0. The second-order valence-corrected chi connectivity index (χ2v) is 3.63. The second-order valence-electron chi connectivity index (χ2n) is 3.63. The molecule has 0 aliphatic rings. The number of anilines is 1. The fourth-order valence-electron chi connectivity index (χ4n) is 1.45. The molecule has 0 saturated carbocycles. The van der Waals surface area contributed by atoms with Crippen molar-refractivity contribution in [2.75, 3.05) is 5.32 Å². The van der Waals surface area contributed by atoms with Crippen molar-refractivity contribution in [3.8, 4) is 23.9 Å². The van der Waals surface area contributed by atoms with Crippen LogP contribution in [-0.2, 0) is 0 Å². The molecule has 0 unspecified atom stereocenters. The lowest BCUT2D eigenvalue weighted by molar-refractivity contribution is 0.630. The number of allylic oxidation sites excluding steroid dienone is 2. The standard InChI is InChI=1S/C12H5FN8/c13-10-2-1-9(21-7-17-19-20-21)3-11(10)18-12(6-16)8(4-14)5-15/h1-3,7,18H. The van der Waals surface area contributed by atoms with Gasteiger partial charge in [0.05, 0.1) is 11.4 Å². The lowest BCUT2D eigenvalue weighted by Crippen LogP contribution is -2.04. The molecule has 0 aliphatic heterocycles. The molecular formula is C12H5FN8. The van der Waals surface area contributed by atoms with Gasteiger partial charge in [0, 0.05) is 0 Å². The Bertz CT molecular complexity index is 800. The number of rotatable bonds is 3. The third-order valence-electron chi connectivity index (χ3n) is 2.41. The van der Waals surface area contributed by atoms with Crippen LogP contribution in [0.1, 0.15) is 0 Å². The van der Waals surface area contributed by atoms with Gasteiger partial charge in [-0.25, -0.2) is 9.07 Å². The molecule has 2 rings (SSSR count). The van der Waals surface area contributed by atoms with Crippen molar-refractivity contribution >= 4 is 5.69 Å². The van der Waals surface area contributed by atoms with E-state index in [4.69, 9.17) is 15.8 Å². The van der Waals surface area contributed by atoms with E-state index in [0.29, 0.717) is 5.69 Å². The zero-order valence-corrected chi connectivity index (χ0v) is 10.3. The molecule has 2 aromatic rings. The number of nitriles is 3. The van der Waals surface area contributed by atoms with E-state index in [0.717, 1.165) is 6.07 Å². The Hall–Kier alpha value is -3.77. The third-order valence-corrected chi connectivity index (χ3v) is 2.41. The summed E-state index contributed by atoms with van der Waals surface area (Å²) in [6.45, 7) is 0. The minimum atomic E-state index is -0.658. The first-order valence-electron chi connectivity index (χ1n) is 5.44. The molecular weight excluding hydrogens is 275 g/mol. The summed E-state index contributed by atoms with van der Waals surface area (Å²) in [6, 6.07) is 8.68. The van der Waals surface area contributed by atoms with Crippen LogP contribution in [-0.4, -0.2) is 20.2 Å². The largest absolute Gasteiger partial charge is 0.343 e. The smallest absolute Gasteiger partial charge is 0.163 e. The highest BCUT2D eigenvalue weighted by atomic mass is 19.1. The van der Waals surface area contributed by atoms with Crippen molar-refractivity contribution in [1.82, 2.24) is 20.2 Å². The Morgan fingerprint density at radius 3 is 2.52 bits per heavy atom. The maximum atomic E-state index is 13.8. The quantitative estimate of drug-likeness (QED) is 0.832. The molecule has 9 heteroatoms. The Morgan fingerprint density at radius 1 is 1.19 bits per heavy atom. The maximum absolute atomic E-state index is 13.8. The molecule has 100 valence electrons. The summed E-state index contributed by atoms with van der Waals surface area (Å²) in [6.07, 6.45) is 1.31. The lowest BCUT2D eigenvalue weighted by atomic mass is 10.2. The zero-order chi connectivity index (χ0) is 15.2. The molecule has 0 radical (unpaired) electrons. The average molecular weight is 280 g/mol. The van der Waals surface area contributed by atoms with E-state index in [-0.39, 0.29) is 11.4 Å². The first-order valence-corrected chi connectivity index (χ1v) is 5.44. The first kappa shape index (κ1) is 13.7. The first-order chi connectivity index (χ1) is 10.2. The number of halogens is 1. The molecule has 0 amide bonds. The van der Waals surface area contributed by atoms with Gasteiger partial charge in [0.25, 0.3) is 0 Å². The summed E-state index contributed by atoms with van der Waals surface area (Å²) in [5, 5.41) is 39.4. The van der Waals surface area contributed by atoms with Crippen molar-refractivity contribution in [1.29, 1.82) is 15.8 Å². The topological polar surface area (TPSA) is 127 Å². The van der Waals surface area contributed by atoms with Crippen LogP contribution in [0.3, 0.4) is 0 Å². The number of nitrogens with zero attached hydrogens (tertiary/aromatic N) is 7. The molecule has 0 spiro atoms. The van der Waals surface area contributed by atoms with Gasteiger partial charge < -0.3 is 5.32 Å². The van der Waals surface area contributed by atoms with E-state index in [1.165, 1.54) is 23.1 Å². The molecule has 21 heavy (non-hydrogen) atoms. The third kappa shape index (κ3) is 2.80. The summed E-state index contributed by atoms with van der Waals surface area (Å²) < 4.78 is 15.0. The van der Waals surface area contributed by atoms with E-state index >= 15 is 0 Å². The van der Waals surface area contributed by atoms with Gasteiger partial charge in [-0.2, -0.15) is 15.8 Å². The summed E-state index contributed by atoms with van der Waals surface area (Å²) >= 11 is 0. The van der Waals surface area contributed by atoms with Gasteiger partial charge in [0.15, 0.2) is 5.57 Å². The maximum Gasteiger partial charge on any atom is 0.163 e. The molecule has 8 nitrogen and oxygen atoms in total. The number of aromatic nitrogens is 4. The van der Waals surface area contributed by atoms with E-state index in [1.807, 2.05) is 0 Å². The number of benzene rings is 1. The van der Waals surface area contributed by atoms with Crippen LogP contribution in [0.15, 0.2) is 35.8 Å². The molecule has 0 saturated heterocycles. The molecule has 0 aliphatic carbocycles. The van der Waals surface area contributed by atoms with Crippen molar-refractivity contribution in [3.63, 3.8) is 0 Å². The monoisotopic (exact) mass is 280 g/mol. The van der Waals surface area contributed by atoms with E-state index in [2.05, 4.69) is 20.8 Å². The van der Waals surface area contributed by atoms with Gasteiger partial charge in [-0.05, 0) is 28.6 Å². The lowest BCUT2D eigenvalue weighted by Gasteiger charge is -2.08. The molecule has 1 aromatic carbocycles. The van der Waals surface area contributed by atoms with Crippen LogP contribution >= 0.6 is 0 Å². The normalized spacial score (nSPS) is 9.05. The summed E-state index contributed by atoms with van der Waals surface area (Å²) in [7, 11) is 0. The van der Waals surface area contributed by atoms with Crippen LogP contribution in [0, 0.1) is 39.8 Å². The molecule has 0 atom stereocenters. The SMILES string of the molecule is N#CC(C#N)=C(C#N)Nc1cc(-n2cnnn2)ccc1F. The summed E-state index contributed by atoms with van der Waals surface area (Å²) in [5.41, 5.74) is -0.420. The number of nitrogens with one attached hydrogen (secondary N) is 1. The highest BCUT2D eigenvalue weighted by Gasteiger charge is 2.11. The Balaban J connectivity index is 2.44. The van der Waals surface area contributed by atoms with Crippen molar-refractivity contribution in [2.45, 2.75) is 0 Å². The Labute approximate surface area is 118 Å². The average Bonchev–Trinajstić information content (AvgIpc) is 3.03. The minimum absolute atomic E-state index is 0.0810.